The Balaban J connectivity index is 1.11. The quantitative estimate of drug-likeness (QED) is 0.118. The van der Waals surface area contributed by atoms with E-state index in [1.54, 1.807) is 18.1 Å². The number of rotatable bonds is 10. The zero-order valence-corrected chi connectivity index (χ0v) is 28.4. The molecule has 10 heteroatoms. The van der Waals surface area contributed by atoms with Gasteiger partial charge >= 0.3 is 7.12 Å². The minimum Gasteiger partial charge on any atom is -0.505 e. The third-order valence-electron chi connectivity index (χ3n) is 11.0. The topological polar surface area (TPSA) is 99.5 Å². The van der Waals surface area contributed by atoms with E-state index in [2.05, 4.69) is 17.0 Å². The Kier molecular flexibility index (Phi) is 10.3. The maximum absolute atomic E-state index is 14.3. The molecule has 4 aliphatic rings. The number of benzene rings is 3. The Bertz CT molecular complexity index is 1760. The molecule has 3 saturated heterocycles. The van der Waals surface area contributed by atoms with Gasteiger partial charge in [0.1, 0.15) is 0 Å². The number of phenols is 1. The summed E-state index contributed by atoms with van der Waals surface area (Å²) in [5, 5.41) is 20.8. The second kappa shape index (κ2) is 15.0. The van der Waals surface area contributed by atoms with Crippen molar-refractivity contribution in [3.05, 3.63) is 113 Å². The van der Waals surface area contributed by atoms with Crippen molar-refractivity contribution in [2.45, 2.75) is 57.1 Å². The van der Waals surface area contributed by atoms with Gasteiger partial charge < -0.3 is 19.5 Å². The van der Waals surface area contributed by atoms with Crippen LogP contribution < -0.4 is 0 Å². The number of allylic oxidation sites excluding steroid dienone is 1. The van der Waals surface area contributed by atoms with Gasteiger partial charge in [0.15, 0.2) is 11.6 Å². The number of nitrogens with zero attached hydrogens (tertiary/aromatic N) is 2. The Labute approximate surface area is 293 Å². The largest absolute Gasteiger partial charge is 0.505 e. The van der Waals surface area contributed by atoms with Crippen molar-refractivity contribution in [3.63, 3.8) is 0 Å². The summed E-state index contributed by atoms with van der Waals surface area (Å²) in [7, 11) is 0.552. The average Bonchev–Trinajstić information content (AvgIpc) is 3.37. The number of hydrogen-bond donors (Lipinski definition) is 2. The van der Waals surface area contributed by atoms with E-state index in [1.807, 2.05) is 54.6 Å². The van der Waals surface area contributed by atoms with Crippen LogP contribution in [-0.2, 0) is 25.5 Å². The van der Waals surface area contributed by atoms with Crippen molar-refractivity contribution in [3.8, 4) is 5.75 Å². The first-order chi connectivity index (χ1) is 24.3. The molecule has 0 aromatic heterocycles. The summed E-state index contributed by atoms with van der Waals surface area (Å²) >= 11 is 0. The third-order valence-corrected chi connectivity index (χ3v) is 11.0. The molecule has 8 nitrogen and oxygen atoms in total. The van der Waals surface area contributed by atoms with Gasteiger partial charge in [-0.15, -0.1) is 0 Å². The molecule has 0 unspecified atom stereocenters. The van der Waals surface area contributed by atoms with E-state index in [0.29, 0.717) is 31.4 Å². The number of fused-ring (bicyclic) bond motifs is 3. The fourth-order valence-electron chi connectivity index (χ4n) is 8.69. The summed E-state index contributed by atoms with van der Waals surface area (Å²) in [6.07, 6.45) is 4.62. The first-order valence-corrected chi connectivity index (χ1v) is 17.7. The summed E-state index contributed by atoms with van der Waals surface area (Å²) in [6.45, 7) is 2.80. The summed E-state index contributed by atoms with van der Waals surface area (Å²) < 4.78 is 26.1. The number of imide groups is 1. The van der Waals surface area contributed by atoms with Crippen LogP contribution in [0, 0.1) is 23.6 Å². The average molecular weight is 679 g/mol. The van der Waals surface area contributed by atoms with Crippen molar-refractivity contribution in [2.24, 2.45) is 17.8 Å². The zero-order valence-electron chi connectivity index (χ0n) is 28.4. The van der Waals surface area contributed by atoms with E-state index < -0.39 is 36.6 Å². The first-order valence-electron chi connectivity index (χ1n) is 17.7. The Hall–Kier alpha value is -4.09. The second-order valence-electron chi connectivity index (χ2n) is 14.1. The van der Waals surface area contributed by atoms with Gasteiger partial charge in [-0.1, -0.05) is 72.8 Å². The summed E-state index contributed by atoms with van der Waals surface area (Å²) in [5.41, 5.74) is 5.72. The standard InChI is InChI=1S/C40H44BFN2O6/c1-49-25-30-22-32-38(40(47)44(39(32)46)31-16-18-43(19-17-31)24-26-8-4-2-5-9-26)33-23-41(48)50-36(37(30)33)15-13-29(28-10-6-3-7-11-28)20-27-12-14-35(45)34(42)21-27/h2-12,14,20-21,31-33,36,38,45,48H,13,15-19,22-25H2,1H3/b29-20-/t32-,33+,36-,38-/m1/s1. The predicted molar refractivity (Wildman–Crippen MR) is 190 cm³/mol. The van der Waals surface area contributed by atoms with Gasteiger partial charge in [-0.25, -0.2) is 4.39 Å². The molecule has 3 aromatic rings. The monoisotopic (exact) mass is 678 g/mol. The molecule has 260 valence electrons. The highest BCUT2D eigenvalue weighted by molar-refractivity contribution is 6.43. The van der Waals surface area contributed by atoms with Crippen LogP contribution in [0.2, 0.25) is 6.32 Å². The number of aromatic hydroxyl groups is 1. The molecule has 50 heavy (non-hydrogen) atoms. The van der Waals surface area contributed by atoms with Gasteiger partial charge in [0.2, 0.25) is 11.8 Å². The summed E-state index contributed by atoms with van der Waals surface area (Å²) in [5.74, 6) is -2.65. The lowest BCUT2D eigenvalue weighted by Crippen LogP contribution is -2.48. The molecule has 0 saturated carbocycles. The molecule has 2 amide bonds. The van der Waals surface area contributed by atoms with Crippen LogP contribution in [0.15, 0.2) is 90.0 Å². The van der Waals surface area contributed by atoms with Crippen LogP contribution in [-0.4, -0.2) is 77.8 Å². The lowest BCUT2D eigenvalue weighted by Gasteiger charge is -2.43. The van der Waals surface area contributed by atoms with E-state index in [1.165, 1.54) is 17.7 Å². The van der Waals surface area contributed by atoms with Crippen LogP contribution in [0.4, 0.5) is 4.39 Å². The van der Waals surface area contributed by atoms with Crippen LogP contribution in [0.25, 0.3) is 11.6 Å². The lowest BCUT2D eigenvalue weighted by atomic mass is 9.58. The highest BCUT2D eigenvalue weighted by Gasteiger charge is 2.58. The molecule has 0 bridgehead atoms. The fraction of sp³-hybridized carbons (Fsp3) is 0.400. The summed E-state index contributed by atoms with van der Waals surface area (Å²) in [6, 6.07) is 24.3. The summed E-state index contributed by atoms with van der Waals surface area (Å²) in [4.78, 5) is 32.4. The number of piperidine rings is 1. The van der Waals surface area contributed by atoms with Gasteiger partial charge in [-0.05, 0) is 89.9 Å². The molecule has 7 rings (SSSR count). The van der Waals surface area contributed by atoms with E-state index in [4.69, 9.17) is 9.39 Å². The Morgan fingerprint density at radius 1 is 1.00 bits per heavy atom. The molecule has 0 spiro atoms. The van der Waals surface area contributed by atoms with E-state index >= 15 is 0 Å². The molecule has 3 aliphatic heterocycles. The van der Waals surface area contributed by atoms with Gasteiger partial charge in [-0.3, -0.25) is 19.4 Å². The number of carbonyl (C=O) groups excluding carboxylic acids is 2. The molecule has 3 aromatic carbocycles. The van der Waals surface area contributed by atoms with E-state index in [-0.39, 0.29) is 30.1 Å². The minimum absolute atomic E-state index is 0.0953. The van der Waals surface area contributed by atoms with Crippen LogP contribution in [0.1, 0.15) is 48.8 Å². The molecule has 4 atom stereocenters. The van der Waals surface area contributed by atoms with Crippen molar-refractivity contribution in [1.82, 2.24) is 9.80 Å². The maximum atomic E-state index is 14.3. The van der Waals surface area contributed by atoms with Gasteiger partial charge in [0.05, 0.1) is 24.5 Å². The van der Waals surface area contributed by atoms with Crippen LogP contribution >= 0.6 is 0 Å². The molecule has 3 heterocycles. The van der Waals surface area contributed by atoms with Gasteiger partial charge in [-0.2, -0.15) is 0 Å². The van der Waals surface area contributed by atoms with Gasteiger partial charge in [0.25, 0.3) is 0 Å². The molecular weight excluding hydrogens is 634 g/mol. The van der Waals surface area contributed by atoms with Crippen molar-refractivity contribution in [2.75, 3.05) is 26.8 Å². The molecule has 0 radical (unpaired) electrons. The highest BCUT2D eigenvalue weighted by Crippen LogP contribution is 2.51. The first kappa shape index (κ1) is 34.4. The number of ether oxygens (including phenoxy) is 1. The lowest BCUT2D eigenvalue weighted by molar-refractivity contribution is -0.144. The minimum atomic E-state index is -1.08. The number of likely N-dealkylation sites (tertiary alicyclic amines) is 2. The number of phenolic OH excluding ortho intramolecular Hbond substituents is 1. The number of amides is 2. The Morgan fingerprint density at radius 2 is 1.72 bits per heavy atom. The predicted octanol–water partition coefficient (Wildman–Crippen LogP) is 5.96. The number of hydrogen-bond acceptors (Lipinski definition) is 7. The second-order valence-corrected chi connectivity index (χ2v) is 14.1. The number of methoxy groups -OCH3 is 1. The smallest absolute Gasteiger partial charge is 0.455 e. The zero-order chi connectivity index (χ0) is 34.8. The normalized spacial score (nSPS) is 24.9. The van der Waals surface area contributed by atoms with Crippen LogP contribution in [0.3, 0.4) is 0 Å². The molecule has 2 N–H and O–H groups in total. The van der Waals surface area contributed by atoms with E-state index in [0.717, 1.165) is 54.8 Å². The van der Waals surface area contributed by atoms with Crippen molar-refractivity contribution >= 4 is 30.6 Å². The van der Waals surface area contributed by atoms with E-state index in [9.17, 15) is 24.1 Å². The van der Waals surface area contributed by atoms with Gasteiger partial charge in [0, 0.05) is 32.8 Å². The number of carbonyl (C=O) groups is 2. The van der Waals surface area contributed by atoms with Crippen molar-refractivity contribution in [1.29, 1.82) is 0 Å². The number of halogens is 1. The fourth-order valence-corrected chi connectivity index (χ4v) is 8.69. The third kappa shape index (κ3) is 7.08. The SMILES string of the molecule is COCC1=C2[C@@H](CC/C(=C/c3ccc(O)c(F)c3)c3ccccc3)OB(O)C[C@@H]2[C@@H]2C(=O)N(C3CCN(Cc4ccccc4)CC3)C(=O)[C@@H]2C1. The molecule has 3 fully saturated rings. The maximum Gasteiger partial charge on any atom is 0.455 e. The Morgan fingerprint density at radius 3 is 2.42 bits per heavy atom. The molecular formula is C40H44BFN2O6. The van der Waals surface area contributed by atoms with Crippen molar-refractivity contribution < 1.29 is 33.5 Å². The van der Waals surface area contributed by atoms with Crippen LogP contribution in [0.5, 0.6) is 5.75 Å². The molecule has 1 aliphatic carbocycles. The highest BCUT2D eigenvalue weighted by atomic mass is 19.1.